The topological polar surface area (TPSA) is 102 Å². The molecule has 126 valence electrons. The molecule has 0 unspecified atom stereocenters. The number of amides is 1. The monoisotopic (exact) mass is 338 g/mol. The van der Waals surface area contributed by atoms with Crippen LogP contribution in [0.5, 0.6) is 5.75 Å². The van der Waals surface area contributed by atoms with Gasteiger partial charge in [0.15, 0.2) is 5.58 Å². The molecule has 0 fully saturated rings. The fraction of sp³-hybridized carbons (Fsp3) is 0.0556. The van der Waals surface area contributed by atoms with Crippen molar-refractivity contribution in [2.75, 3.05) is 12.4 Å². The van der Waals surface area contributed by atoms with Gasteiger partial charge < -0.3 is 19.6 Å². The highest BCUT2D eigenvalue weighted by atomic mass is 16.5. The molecule has 7 nitrogen and oxygen atoms in total. The standard InChI is InChI=1S/C18H14N2O5/c1-24-13-4-2-3-11(9-13)18-20-14-6-5-12(10-15(14)25-18)19-16(21)7-8-17(22)23/h2-10H,1H3,(H,19,21)(H,22,23)/b8-7+. The van der Waals surface area contributed by atoms with Crippen molar-refractivity contribution in [2.45, 2.75) is 0 Å². The number of hydrogen-bond acceptors (Lipinski definition) is 5. The van der Waals surface area contributed by atoms with Crippen LogP contribution in [0.15, 0.2) is 59.0 Å². The van der Waals surface area contributed by atoms with Crippen LogP contribution >= 0.6 is 0 Å². The largest absolute Gasteiger partial charge is 0.497 e. The number of methoxy groups -OCH3 is 1. The number of aliphatic carboxylic acids is 1. The van der Waals surface area contributed by atoms with Crippen molar-refractivity contribution in [3.05, 3.63) is 54.6 Å². The third-order valence-corrected chi connectivity index (χ3v) is 3.35. The fourth-order valence-corrected chi connectivity index (χ4v) is 2.21. The van der Waals surface area contributed by atoms with Crippen LogP contribution in [0.2, 0.25) is 0 Å². The van der Waals surface area contributed by atoms with E-state index in [1.54, 1.807) is 25.3 Å². The molecule has 0 aliphatic heterocycles. The number of oxazole rings is 1. The summed E-state index contributed by atoms with van der Waals surface area (Å²) in [6, 6.07) is 12.3. The van der Waals surface area contributed by atoms with E-state index in [4.69, 9.17) is 14.3 Å². The molecular formula is C18H14N2O5. The molecule has 7 heteroatoms. The minimum Gasteiger partial charge on any atom is -0.497 e. The first-order valence-corrected chi connectivity index (χ1v) is 7.32. The van der Waals surface area contributed by atoms with E-state index in [1.807, 2.05) is 24.3 Å². The zero-order valence-corrected chi connectivity index (χ0v) is 13.2. The number of nitrogens with zero attached hydrogens (tertiary/aromatic N) is 1. The molecule has 0 bridgehead atoms. The first kappa shape index (κ1) is 16.3. The van der Waals surface area contributed by atoms with E-state index in [2.05, 4.69) is 10.3 Å². The number of benzene rings is 2. The molecule has 1 amide bonds. The second-order valence-corrected chi connectivity index (χ2v) is 5.09. The van der Waals surface area contributed by atoms with Crippen LogP contribution in [0.25, 0.3) is 22.6 Å². The van der Waals surface area contributed by atoms with E-state index in [1.165, 1.54) is 0 Å². The molecule has 0 saturated heterocycles. The lowest BCUT2D eigenvalue weighted by atomic mass is 10.2. The van der Waals surface area contributed by atoms with Gasteiger partial charge in [-0.3, -0.25) is 4.79 Å². The summed E-state index contributed by atoms with van der Waals surface area (Å²) >= 11 is 0. The van der Waals surface area contributed by atoms with Gasteiger partial charge >= 0.3 is 5.97 Å². The van der Waals surface area contributed by atoms with Gasteiger partial charge in [0, 0.05) is 29.5 Å². The molecule has 3 aromatic rings. The number of carbonyl (C=O) groups is 2. The van der Waals surface area contributed by atoms with E-state index in [0.717, 1.165) is 17.7 Å². The first-order valence-electron chi connectivity index (χ1n) is 7.32. The molecular weight excluding hydrogens is 324 g/mol. The van der Waals surface area contributed by atoms with Gasteiger partial charge in [-0.15, -0.1) is 0 Å². The Hall–Kier alpha value is -3.61. The number of carboxylic acids is 1. The lowest BCUT2D eigenvalue weighted by Crippen LogP contribution is -2.08. The summed E-state index contributed by atoms with van der Waals surface area (Å²) in [7, 11) is 1.58. The van der Waals surface area contributed by atoms with Gasteiger partial charge in [-0.25, -0.2) is 9.78 Å². The minimum absolute atomic E-state index is 0.433. The molecule has 2 N–H and O–H groups in total. The maximum Gasteiger partial charge on any atom is 0.328 e. The number of ether oxygens (including phenoxy) is 1. The Morgan fingerprint density at radius 1 is 1.20 bits per heavy atom. The normalized spacial score (nSPS) is 10.9. The predicted molar refractivity (Wildman–Crippen MR) is 91.4 cm³/mol. The molecule has 1 heterocycles. The Labute approximate surface area is 142 Å². The Bertz CT molecular complexity index is 975. The van der Waals surface area contributed by atoms with E-state index < -0.39 is 11.9 Å². The summed E-state index contributed by atoms with van der Waals surface area (Å²) in [5.74, 6) is -0.612. The quantitative estimate of drug-likeness (QED) is 0.693. The lowest BCUT2D eigenvalue weighted by Gasteiger charge is -2.01. The fourth-order valence-electron chi connectivity index (χ4n) is 2.21. The minimum atomic E-state index is -1.19. The molecule has 1 aromatic heterocycles. The number of carboxylic acid groups (broad SMARTS) is 1. The van der Waals surface area contributed by atoms with Crippen LogP contribution < -0.4 is 10.1 Å². The van der Waals surface area contributed by atoms with Crippen molar-refractivity contribution in [3.63, 3.8) is 0 Å². The maximum absolute atomic E-state index is 11.6. The smallest absolute Gasteiger partial charge is 0.328 e. The van der Waals surface area contributed by atoms with Gasteiger partial charge in [-0.1, -0.05) is 6.07 Å². The van der Waals surface area contributed by atoms with Crippen molar-refractivity contribution >= 4 is 28.7 Å². The van der Waals surface area contributed by atoms with E-state index in [0.29, 0.717) is 28.4 Å². The maximum atomic E-state index is 11.6. The Kier molecular flexibility index (Phi) is 4.47. The molecule has 3 rings (SSSR count). The molecule has 25 heavy (non-hydrogen) atoms. The van der Waals surface area contributed by atoms with Gasteiger partial charge in [0.25, 0.3) is 0 Å². The van der Waals surface area contributed by atoms with Crippen LogP contribution in [0.1, 0.15) is 0 Å². The summed E-state index contributed by atoms with van der Waals surface area (Å²) in [6.07, 6.45) is 1.71. The van der Waals surface area contributed by atoms with Gasteiger partial charge in [-0.2, -0.15) is 0 Å². The first-order chi connectivity index (χ1) is 12.0. The van der Waals surface area contributed by atoms with Crippen molar-refractivity contribution in [1.82, 2.24) is 4.98 Å². The zero-order chi connectivity index (χ0) is 17.8. The van der Waals surface area contributed by atoms with E-state index >= 15 is 0 Å². The summed E-state index contributed by atoms with van der Waals surface area (Å²) in [5.41, 5.74) is 2.38. The Balaban J connectivity index is 1.86. The third kappa shape index (κ3) is 3.84. The van der Waals surface area contributed by atoms with Gasteiger partial charge in [0.2, 0.25) is 11.8 Å². The van der Waals surface area contributed by atoms with Crippen molar-refractivity contribution in [3.8, 4) is 17.2 Å². The Morgan fingerprint density at radius 2 is 2.04 bits per heavy atom. The van der Waals surface area contributed by atoms with Crippen molar-refractivity contribution < 1.29 is 23.8 Å². The van der Waals surface area contributed by atoms with Crippen LogP contribution in [0.4, 0.5) is 5.69 Å². The highest BCUT2D eigenvalue weighted by Gasteiger charge is 2.10. The lowest BCUT2D eigenvalue weighted by molar-refractivity contribution is -0.131. The summed E-state index contributed by atoms with van der Waals surface area (Å²) in [5, 5.41) is 11.1. The van der Waals surface area contributed by atoms with Gasteiger partial charge in [0.05, 0.1) is 7.11 Å². The highest BCUT2D eigenvalue weighted by Crippen LogP contribution is 2.28. The number of rotatable bonds is 5. The van der Waals surface area contributed by atoms with Crippen LogP contribution in [0, 0.1) is 0 Å². The zero-order valence-electron chi connectivity index (χ0n) is 13.2. The third-order valence-electron chi connectivity index (χ3n) is 3.35. The van der Waals surface area contributed by atoms with Gasteiger partial charge in [0.1, 0.15) is 11.3 Å². The molecule has 0 atom stereocenters. The summed E-state index contributed by atoms with van der Waals surface area (Å²) in [4.78, 5) is 26.5. The SMILES string of the molecule is COc1cccc(-c2nc3ccc(NC(=O)/C=C/C(=O)O)cc3o2)c1. The summed E-state index contributed by atoms with van der Waals surface area (Å²) in [6.45, 7) is 0. The molecule has 2 aromatic carbocycles. The highest BCUT2D eigenvalue weighted by molar-refractivity contribution is 6.03. The van der Waals surface area contributed by atoms with Crippen LogP contribution in [-0.4, -0.2) is 29.1 Å². The molecule has 0 spiro atoms. The summed E-state index contributed by atoms with van der Waals surface area (Å²) < 4.78 is 10.9. The number of anilines is 1. The number of nitrogens with one attached hydrogen (secondary N) is 1. The average molecular weight is 338 g/mol. The number of hydrogen-bond donors (Lipinski definition) is 2. The van der Waals surface area contributed by atoms with Crippen LogP contribution in [-0.2, 0) is 9.59 Å². The Morgan fingerprint density at radius 3 is 2.80 bits per heavy atom. The predicted octanol–water partition coefficient (Wildman–Crippen LogP) is 3.08. The van der Waals surface area contributed by atoms with E-state index in [-0.39, 0.29) is 0 Å². The molecule has 0 aliphatic rings. The second-order valence-electron chi connectivity index (χ2n) is 5.09. The van der Waals surface area contributed by atoms with Crippen molar-refractivity contribution in [2.24, 2.45) is 0 Å². The van der Waals surface area contributed by atoms with Crippen molar-refractivity contribution in [1.29, 1.82) is 0 Å². The molecule has 0 aliphatic carbocycles. The number of aromatic nitrogens is 1. The second kappa shape index (κ2) is 6.88. The van der Waals surface area contributed by atoms with Gasteiger partial charge in [-0.05, 0) is 30.3 Å². The van der Waals surface area contributed by atoms with E-state index in [9.17, 15) is 9.59 Å². The number of carbonyl (C=O) groups excluding carboxylic acids is 1. The van der Waals surface area contributed by atoms with Crippen LogP contribution in [0.3, 0.4) is 0 Å². The molecule has 0 radical (unpaired) electrons. The average Bonchev–Trinajstić information content (AvgIpc) is 3.03. The number of fused-ring (bicyclic) bond motifs is 1. The molecule has 0 saturated carbocycles.